The average molecular weight is 678 g/mol. The van der Waals surface area contributed by atoms with E-state index < -0.39 is 22.6 Å². The lowest BCUT2D eigenvalue weighted by Gasteiger charge is -2.70. The van der Waals surface area contributed by atoms with Crippen molar-refractivity contribution in [2.24, 2.45) is 10.8 Å². The molecule has 2 saturated heterocycles. The second-order valence-corrected chi connectivity index (χ2v) is 16.9. The van der Waals surface area contributed by atoms with Crippen molar-refractivity contribution < 1.29 is 21.6 Å². The number of rotatable bonds is 8. The van der Waals surface area contributed by atoms with Crippen molar-refractivity contribution in [3.05, 3.63) is 65.1 Å². The van der Waals surface area contributed by atoms with Gasteiger partial charge in [0.05, 0.1) is 18.2 Å². The summed E-state index contributed by atoms with van der Waals surface area (Å²) in [5.74, 6) is 0.712. The number of fused-ring (bicyclic) bond motifs is 2. The van der Waals surface area contributed by atoms with Gasteiger partial charge in [-0.1, -0.05) is 12.1 Å². The molecule has 1 spiro atoms. The molecule has 0 unspecified atom stereocenters. The molecule has 2 aliphatic heterocycles. The first-order valence-electron chi connectivity index (χ1n) is 16.4. The number of aromatic nitrogens is 3. The number of hydrogen-bond acceptors (Lipinski definition) is 7. The number of sulfonamides is 1. The lowest BCUT2D eigenvalue weighted by atomic mass is 9.40. The van der Waals surface area contributed by atoms with Gasteiger partial charge in [-0.05, 0) is 98.5 Å². The summed E-state index contributed by atoms with van der Waals surface area (Å²) in [7, 11) is -3.24. The van der Waals surface area contributed by atoms with Gasteiger partial charge in [0.15, 0.2) is 0 Å². The van der Waals surface area contributed by atoms with E-state index in [9.17, 15) is 26.9 Å². The molecule has 0 amide bonds. The molecule has 4 aromatic rings. The Labute approximate surface area is 277 Å². The highest BCUT2D eigenvalue weighted by molar-refractivity contribution is 7.88. The van der Waals surface area contributed by atoms with Gasteiger partial charge in [0.2, 0.25) is 10.0 Å². The molecular formula is C35H38F3N7O2S. The van der Waals surface area contributed by atoms with Gasteiger partial charge in [-0.15, -0.1) is 0 Å². The van der Waals surface area contributed by atoms with Gasteiger partial charge in [0.1, 0.15) is 23.9 Å². The Morgan fingerprint density at radius 1 is 1.02 bits per heavy atom. The number of aryl methyl sites for hydroxylation is 1. The van der Waals surface area contributed by atoms with Crippen LogP contribution in [0.5, 0.6) is 0 Å². The summed E-state index contributed by atoms with van der Waals surface area (Å²) >= 11 is 0. The molecule has 1 N–H and O–H groups in total. The van der Waals surface area contributed by atoms with Crippen LogP contribution in [0.15, 0.2) is 42.7 Å². The quantitative estimate of drug-likeness (QED) is 0.265. The Kier molecular flexibility index (Phi) is 6.99. The number of nitrogens with one attached hydrogen (secondary N) is 1. The smallest absolute Gasteiger partial charge is 0.355 e. The number of likely N-dealkylation sites (tertiary alicyclic amines) is 1. The zero-order valence-electron chi connectivity index (χ0n) is 27.1. The number of nitrogens with zero attached hydrogens (tertiary/aromatic N) is 6. The van der Waals surface area contributed by atoms with Crippen LogP contribution in [0.25, 0.3) is 21.8 Å². The highest BCUT2D eigenvalue weighted by Gasteiger charge is 2.68. The Morgan fingerprint density at radius 3 is 2.42 bits per heavy atom. The van der Waals surface area contributed by atoms with Crippen LogP contribution in [-0.2, 0) is 29.5 Å². The summed E-state index contributed by atoms with van der Waals surface area (Å²) in [6.45, 7) is 7.27. The van der Waals surface area contributed by atoms with Gasteiger partial charge >= 0.3 is 6.18 Å². The van der Waals surface area contributed by atoms with Crippen LogP contribution in [-0.4, -0.2) is 72.0 Å². The molecule has 0 radical (unpaired) electrons. The third kappa shape index (κ3) is 5.51. The molecule has 9 rings (SSSR count). The van der Waals surface area contributed by atoms with Gasteiger partial charge in [-0.3, -0.25) is 4.90 Å². The molecule has 2 aromatic carbocycles. The summed E-state index contributed by atoms with van der Waals surface area (Å²) in [5.41, 5.74) is 4.92. The number of halogens is 3. The molecule has 5 aliphatic rings. The van der Waals surface area contributed by atoms with E-state index in [0.717, 1.165) is 82.3 Å². The van der Waals surface area contributed by atoms with Gasteiger partial charge in [-0.2, -0.15) is 18.4 Å². The van der Waals surface area contributed by atoms with E-state index in [2.05, 4.69) is 54.2 Å². The van der Waals surface area contributed by atoms with Crippen molar-refractivity contribution in [3.63, 3.8) is 0 Å². The highest BCUT2D eigenvalue weighted by Crippen LogP contribution is 2.68. The molecule has 5 fully saturated rings. The zero-order valence-corrected chi connectivity index (χ0v) is 27.9. The van der Waals surface area contributed by atoms with Crippen LogP contribution in [0, 0.1) is 29.1 Å². The monoisotopic (exact) mass is 677 g/mol. The minimum Gasteiger partial charge on any atom is -0.355 e. The van der Waals surface area contributed by atoms with Crippen LogP contribution in [0.3, 0.4) is 0 Å². The number of benzene rings is 2. The maximum Gasteiger partial charge on any atom is 0.393 e. The van der Waals surface area contributed by atoms with Gasteiger partial charge in [-0.25, -0.2) is 23.1 Å². The topological polar surface area (TPSA) is 107 Å². The Hall–Kier alpha value is -3.73. The SMILES string of the molecule is Cc1c(CN2CCC3(CC2)CN(c2ncnc4ccc(CC(F)(F)F)cc24)C3)ccc2c1cc(C#N)n2CC12CC(NS(C)(=O)=O)(C1)C2. The predicted octanol–water partition coefficient (Wildman–Crippen LogP) is 5.44. The molecule has 4 heterocycles. The standard InChI is InChI=1S/C35H38F3N7O2S/c1-23-25(4-6-30-27(23)12-26(14-39)45(30)21-33-16-34(17-33,18-33)42-48(2,46)47)15-43-9-7-32(8-10-43)19-44(20-32)31-28-11-24(13-35(36,37)38)3-5-29(28)40-22-41-31/h3-6,11-12,22,42H,7-10,13,15-21H2,1-2H3. The first-order chi connectivity index (χ1) is 22.7. The van der Waals surface area contributed by atoms with E-state index in [1.165, 1.54) is 29.8 Å². The average Bonchev–Trinajstić information content (AvgIpc) is 3.32. The first-order valence-corrected chi connectivity index (χ1v) is 18.3. The van der Waals surface area contributed by atoms with Crippen molar-refractivity contribution in [2.75, 3.05) is 37.3 Å². The van der Waals surface area contributed by atoms with Gasteiger partial charge in [0.25, 0.3) is 0 Å². The van der Waals surface area contributed by atoms with E-state index >= 15 is 0 Å². The largest absolute Gasteiger partial charge is 0.393 e. The third-order valence-electron chi connectivity index (χ3n) is 11.4. The molecule has 252 valence electrons. The molecule has 3 aliphatic carbocycles. The van der Waals surface area contributed by atoms with E-state index in [4.69, 9.17) is 0 Å². The van der Waals surface area contributed by atoms with Crippen LogP contribution in [0.4, 0.5) is 19.0 Å². The van der Waals surface area contributed by atoms with E-state index in [-0.39, 0.29) is 21.9 Å². The number of anilines is 1. The Morgan fingerprint density at radius 2 is 1.75 bits per heavy atom. The number of nitriles is 1. The van der Waals surface area contributed by atoms with Crippen LogP contribution < -0.4 is 9.62 Å². The van der Waals surface area contributed by atoms with Crippen molar-refractivity contribution in [2.45, 2.75) is 70.3 Å². The van der Waals surface area contributed by atoms with Crippen LogP contribution in [0.2, 0.25) is 0 Å². The Balaban J connectivity index is 0.913. The minimum absolute atomic E-state index is 0.0410. The molecule has 13 heteroatoms. The van der Waals surface area contributed by atoms with Crippen molar-refractivity contribution in [1.82, 2.24) is 24.2 Å². The lowest BCUT2D eigenvalue weighted by Crippen LogP contribution is -2.75. The van der Waals surface area contributed by atoms with E-state index in [0.29, 0.717) is 22.4 Å². The second kappa shape index (κ2) is 10.6. The number of alkyl halides is 3. The van der Waals surface area contributed by atoms with Crippen LogP contribution >= 0.6 is 0 Å². The molecule has 3 saturated carbocycles. The number of hydrogen-bond donors (Lipinski definition) is 1. The van der Waals surface area contributed by atoms with Crippen molar-refractivity contribution >= 4 is 37.6 Å². The van der Waals surface area contributed by atoms with Gasteiger partial charge < -0.3 is 9.47 Å². The molecule has 0 atom stereocenters. The minimum atomic E-state index is -4.27. The van der Waals surface area contributed by atoms with Crippen molar-refractivity contribution in [1.29, 1.82) is 5.26 Å². The first kappa shape index (κ1) is 31.5. The van der Waals surface area contributed by atoms with E-state index in [1.807, 2.05) is 6.07 Å². The lowest BCUT2D eigenvalue weighted by molar-refractivity contribution is -0.151. The van der Waals surface area contributed by atoms with E-state index in [1.54, 1.807) is 12.1 Å². The fraction of sp³-hybridized carbons (Fsp3) is 0.514. The summed E-state index contributed by atoms with van der Waals surface area (Å²) in [6.07, 6.45) is 1.97. The normalized spacial score (nSPS) is 25.1. The molecule has 2 bridgehead atoms. The summed E-state index contributed by atoms with van der Waals surface area (Å²) in [4.78, 5) is 13.4. The molecule has 48 heavy (non-hydrogen) atoms. The summed E-state index contributed by atoms with van der Waals surface area (Å²) in [6, 6.07) is 13.4. The number of piperidine rings is 1. The second-order valence-electron chi connectivity index (χ2n) is 15.2. The zero-order chi connectivity index (χ0) is 33.7. The summed E-state index contributed by atoms with van der Waals surface area (Å²) in [5, 5.41) is 11.8. The highest BCUT2D eigenvalue weighted by atomic mass is 32.2. The fourth-order valence-corrected chi connectivity index (χ4v) is 10.3. The maximum absolute atomic E-state index is 13.1. The van der Waals surface area contributed by atoms with Crippen molar-refractivity contribution in [3.8, 4) is 6.07 Å². The summed E-state index contributed by atoms with van der Waals surface area (Å²) < 4.78 is 67.6. The van der Waals surface area contributed by atoms with Crippen LogP contribution in [0.1, 0.15) is 54.5 Å². The molecular weight excluding hydrogens is 639 g/mol. The third-order valence-corrected chi connectivity index (χ3v) is 12.2. The van der Waals surface area contributed by atoms with Gasteiger partial charge in [0, 0.05) is 53.4 Å². The molecule has 2 aromatic heterocycles. The maximum atomic E-state index is 13.1. The predicted molar refractivity (Wildman–Crippen MR) is 177 cm³/mol. The molecule has 9 nitrogen and oxygen atoms in total. The fourth-order valence-electron chi connectivity index (χ4n) is 9.30. The Bertz CT molecular complexity index is 2080.